The number of carbonyl (C=O) groups excluding carboxylic acids is 2. The Kier molecular flexibility index (Phi) is 10.8. The quantitative estimate of drug-likeness (QED) is 0.160. The minimum Gasteiger partial charge on any atom is -0.494 e. The fourth-order valence-corrected chi connectivity index (χ4v) is 5.65. The van der Waals surface area contributed by atoms with Gasteiger partial charge in [-0.05, 0) is 62.9 Å². The summed E-state index contributed by atoms with van der Waals surface area (Å²) in [5.41, 5.74) is 3.21. The number of hydrogen-bond donors (Lipinski definition) is 0. The number of rotatable bonds is 12. The smallest absolute Gasteiger partial charge is 0.335 e. The Labute approximate surface area is 247 Å². The highest BCUT2D eigenvalue weighted by molar-refractivity contribution is 6.43. The Balaban J connectivity index is 1.24. The molecular formula is C31H39Cl2N3O4. The zero-order valence-electron chi connectivity index (χ0n) is 23.5. The van der Waals surface area contributed by atoms with Gasteiger partial charge in [-0.15, -0.1) is 0 Å². The average molecular weight is 589 g/mol. The van der Waals surface area contributed by atoms with E-state index in [1.807, 2.05) is 43.3 Å². The maximum atomic E-state index is 12.8. The van der Waals surface area contributed by atoms with Gasteiger partial charge in [-0.25, -0.2) is 4.79 Å². The largest absolute Gasteiger partial charge is 0.494 e. The van der Waals surface area contributed by atoms with Crippen LogP contribution >= 0.6 is 23.2 Å². The number of anilines is 2. The number of unbranched alkanes of at least 4 members (excludes halogenated alkanes) is 1. The molecule has 0 N–H and O–H groups in total. The molecule has 0 saturated carbocycles. The predicted molar refractivity (Wildman–Crippen MR) is 162 cm³/mol. The molecule has 2 aliphatic rings. The lowest BCUT2D eigenvalue weighted by Crippen LogP contribution is -2.46. The van der Waals surface area contributed by atoms with Gasteiger partial charge < -0.3 is 14.4 Å². The molecule has 2 aromatic carbocycles. The second kappa shape index (κ2) is 14.2. The van der Waals surface area contributed by atoms with Crippen LogP contribution in [0.15, 0.2) is 48.6 Å². The van der Waals surface area contributed by atoms with E-state index in [-0.39, 0.29) is 5.91 Å². The zero-order chi connectivity index (χ0) is 28.6. The normalized spacial score (nSPS) is 16.4. The van der Waals surface area contributed by atoms with Crippen molar-refractivity contribution < 1.29 is 19.1 Å². The maximum absolute atomic E-state index is 12.8. The van der Waals surface area contributed by atoms with Crippen LogP contribution in [0.25, 0.3) is 0 Å². The molecule has 1 unspecified atom stereocenters. The molecule has 9 heteroatoms. The summed E-state index contributed by atoms with van der Waals surface area (Å²) in [4.78, 5) is 31.5. The minimum absolute atomic E-state index is 0.0659. The summed E-state index contributed by atoms with van der Waals surface area (Å²) in [5.74, 6) is 0.180. The molecule has 0 radical (unpaired) electrons. The molecular weight excluding hydrogens is 549 g/mol. The Morgan fingerprint density at radius 2 is 1.82 bits per heavy atom. The fourth-order valence-electron chi connectivity index (χ4n) is 5.24. The number of fused-ring (bicyclic) bond motifs is 1. The molecule has 0 aliphatic carbocycles. The van der Waals surface area contributed by atoms with E-state index >= 15 is 0 Å². The number of hydrogen-bond acceptors (Lipinski definition) is 6. The first-order chi connectivity index (χ1) is 19.3. The summed E-state index contributed by atoms with van der Waals surface area (Å²) < 4.78 is 11.7. The zero-order valence-corrected chi connectivity index (χ0v) is 25.0. The maximum Gasteiger partial charge on any atom is 0.335 e. The van der Waals surface area contributed by atoms with E-state index in [1.54, 1.807) is 11.8 Å². The number of ether oxygens (including phenoxy) is 2. The molecule has 216 valence electrons. The van der Waals surface area contributed by atoms with Gasteiger partial charge in [-0.1, -0.05) is 55.3 Å². The van der Waals surface area contributed by atoms with Crippen molar-refractivity contribution in [3.05, 3.63) is 64.2 Å². The average Bonchev–Trinajstić information content (AvgIpc) is 2.94. The molecule has 1 amide bonds. The Morgan fingerprint density at radius 3 is 2.58 bits per heavy atom. The van der Waals surface area contributed by atoms with Crippen LogP contribution < -0.4 is 14.5 Å². The molecule has 0 spiro atoms. The van der Waals surface area contributed by atoms with Gasteiger partial charge in [0.1, 0.15) is 5.75 Å². The minimum atomic E-state index is -0.724. The van der Waals surface area contributed by atoms with Gasteiger partial charge in [0.25, 0.3) is 0 Å². The molecule has 2 heterocycles. The van der Waals surface area contributed by atoms with Gasteiger partial charge in [0.15, 0.2) is 6.23 Å². The van der Waals surface area contributed by atoms with Crippen molar-refractivity contribution in [2.75, 3.05) is 49.1 Å². The van der Waals surface area contributed by atoms with E-state index in [2.05, 4.69) is 16.4 Å². The second-order valence-electron chi connectivity index (χ2n) is 10.4. The van der Waals surface area contributed by atoms with Gasteiger partial charge in [0.05, 0.1) is 28.0 Å². The Bertz CT molecular complexity index is 1210. The van der Waals surface area contributed by atoms with E-state index in [4.69, 9.17) is 32.7 Å². The van der Waals surface area contributed by atoms with Gasteiger partial charge in [-0.3, -0.25) is 14.6 Å². The summed E-state index contributed by atoms with van der Waals surface area (Å²) in [5, 5.41) is 1.21. The monoisotopic (exact) mass is 587 g/mol. The van der Waals surface area contributed by atoms with Crippen molar-refractivity contribution in [2.45, 2.75) is 58.6 Å². The lowest BCUT2D eigenvalue weighted by Gasteiger charge is -2.36. The molecule has 2 aliphatic heterocycles. The number of piperazine rings is 1. The third-order valence-electron chi connectivity index (χ3n) is 7.46. The van der Waals surface area contributed by atoms with Crippen LogP contribution in [0.4, 0.5) is 11.4 Å². The number of esters is 1. The van der Waals surface area contributed by atoms with E-state index < -0.39 is 12.2 Å². The van der Waals surface area contributed by atoms with Gasteiger partial charge in [0, 0.05) is 44.2 Å². The van der Waals surface area contributed by atoms with E-state index in [0.29, 0.717) is 47.2 Å². The van der Waals surface area contributed by atoms with Crippen molar-refractivity contribution in [1.82, 2.24) is 4.90 Å². The van der Waals surface area contributed by atoms with Crippen molar-refractivity contribution in [3.63, 3.8) is 0 Å². The number of nitrogens with zero attached hydrogens (tertiary/aromatic N) is 3. The van der Waals surface area contributed by atoms with E-state index in [0.717, 1.165) is 68.9 Å². The van der Waals surface area contributed by atoms with Crippen LogP contribution in [0, 0.1) is 0 Å². The summed E-state index contributed by atoms with van der Waals surface area (Å²) in [6.45, 7) is 12.9. The number of carbonyl (C=O) groups is 2. The fraction of sp³-hybridized carbons (Fsp3) is 0.484. The Hall–Kier alpha value is -2.74. The van der Waals surface area contributed by atoms with Gasteiger partial charge in [-0.2, -0.15) is 0 Å². The first-order valence-electron chi connectivity index (χ1n) is 14.2. The van der Waals surface area contributed by atoms with Crippen molar-refractivity contribution in [1.29, 1.82) is 0 Å². The van der Waals surface area contributed by atoms with Crippen molar-refractivity contribution in [3.8, 4) is 5.75 Å². The summed E-state index contributed by atoms with van der Waals surface area (Å²) in [6, 6.07) is 11.6. The summed E-state index contributed by atoms with van der Waals surface area (Å²) >= 11 is 12.6. The van der Waals surface area contributed by atoms with Crippen LogP contribution in [0.5, 0.6) is 5.75 Å². The van der Waals surface area contributed by atoms with Crippen LogP contribution in [0.1, 0.15) is 51.5 Å². The Morgan fingerprint density at radius 1 is 1.05 bits per heavy atom. The van der Waals surface area contributed by atoms with Gasteiger partial charge >= 0.3 is 5.97 Å². The highest BCUT2D eigenvalue weighted by Gasteiger charge is 2.31. The molecule has 1 saturated heterocycles. The number of amides is 1. The molecule has 1 atom stereocenters. The van der Waals surface area contributed by atoms with Crippen LogP contribution in [0.3, 0.4) is 0 Å². The molecule has 0 aromatic heterocycles. The molecule has 4 rings (SSSR count). The number of benzene rings is 2. The SMILES string of the molecule is C=C(CCC)C(=O)OC(C)N1C(=O)CCc2ccc(OCCCCN3CCN(c4cccc(Cl)c4Cl)CC3)cc21. The lowest BCUT2D eigenvalue weighted by molar-refractivity contribution is -0.144. The summed E-state index contributed by atoms with van der Waals surface area (Å²) in [6.07, 6.45) is 3.65. The van der Waals surface area contributed by atoms with E-state index in [9.17, 15) is 9.59 Å². The molecule has 2 aromatic rings. The molecule has 7 nitrogen and oxygen atoms in total. The molecule has 40 heavy (non-hydrogen) atoms. The molecule has 1 fully saturated rings. The first kappa shape index (κ1) is 30.2. The van der Waals surface area contributed by atoms with Crippen LogP contribution in [-0.4, -0.2) is 62.3 Å². The second-order valence-corrected chi connectivity index (χ2v) is 11.2. The highest BCUT2D eigenvalue weighted by atomic mass is 35.5. The first-order valence-corrected chi connectivity index (χ1v) is 14.9. The third kappa shape index (κ3) is 7.50. The summed E-state index contributed by atoms with van der Waals surface area (Å²) in [7, 11) is 0. The van der Waals surface area contributed by atoms with Crippen LogP contribution in [-0.2, 0) is 20.7 Å². The van der Waals surface area contributed by atoms with Crippen LogP contribution in [0.2, 0.25) is 10.0 Å². The number of aryl methyl sites for hydroxylation is 1. The number of halogens is 2. The van der Waals surface area contributed by atoms with Crippen molar-refractivity contribution >= 4 is 46.5 Å². The molecule has 0 bridgehead atoms. The van der Waals surface area contributed by atoms with E-state index in [1.165, 1.54) is 0 Å². The third-order valence-corrected chi connectivity index (χ3v) is 8.27. The standard InChI is InChI=1S/C31H39Cl2N3O4/c1-4-8-22(2)31(38)40-23(3)36-28-21-25(13-11-24(28)12-14-29(36)37)39-20-6-5-15-34-16-18-35(19-17-34)27-10-7-9-26(32)30(27)33/h7,9-11,13,21,23H,2,4-6,8,12,14-20H2,1,3H3. The highest BCUT2D eigenvalue weighted by Crippen LogP contribution is 2.34. The topological polar surface area (TPSA) is 62.3 Å². The van der Waals surface area contributed by atoms with Crippen molar-refractivity contribution in [2.24, 2.45) is 0 Å². The van der Waals surface area contributed by atoms with Gasteiger partial charge in [0.2, 0.25) is 5.91 Å². The lowest BCUT2D eigenvalue weighted by atomic mass is 10.0. The predicted octanol–water partition coefficient (Wildman–Crippen LogP) is 6.50.